The maximum absolute atomic E-state index is 12.5. The first kappa shape index (κ1) is 22.7. The van der Waals surface area contributed by atoms with E-state index < -0.39 is 6.04 Å². The minimum absolute atomic E-state index is 0. The van der Waals surface area contributed by atoms with Crippen LogP contribution in [0.1, 0.15) is 43.5 Å². The van der Waals surface area contributed by atoms with Gasteiger partial charge in [-0.2, -0.15) is 0 Å². The Morgan fingerprint density at radius 1 is 1.27 bits per heavy atom. The Kier molecular flexibility index (Phi) is 9.99. The number of carbonyl (C=O) groups is 2. The summed E-state index contributed by atoms with van der Waals surface area (Å²) in [5, 5.41) is 9.74. The minimum atomic E-state index is -0.523. The van der Waals surface area contributed by atoms with Gasteiger partial charge in [-0.05, 0) is 68.5 Å². The van der Waals surface area contributed by atoms with E-state index in [1.807, 2.05) is 13.8 Å². The number of rotatable bonds is 8. The van der Waals surface area contributed by atoms with Crippen molar-refractivity contribution in [3.05, 3.63) is 34.9 Å². The molecule has 1 aliphatic heterocycles. The molecule has 0 saturated carbocycles. The van der Waals surface area contributed by atoms with Crippen molar-refractivity contribution in [3.63, 3.8) is 0 Å². The lowest BCUT2D eigenvalue weighted by Crippen LogP contribution is -2.47. The van der Waals surface area contributed by atoms with Gasteiger partial charge in [0.15, 0.2) is 0 Å². The molecule has 2 amide bonds. The summed E-state index contributed by atoms with van der Waals surface area (Å²) in [4.78, 5) is 24.9. The van der Waals surface area contributed by atoms with Crippen molar-refractivity contribution in [2.75, 3.05) is 19.6 Å². The van der Waals surface area contributed by atoms with Gasteiger partial charge in [0, 0.05) is 17.1 Å². The highest BCUT2D eigenvalue weighted by Crippen LogP contribution is 2.12. The highest BCUT2D eigenvalue weighted by molar-refractivity contribution is 6.30. The van der Waals surface area contributed by atoms with Gasteiger partial charge in [0.2, 0.25) is 5.91 Å². The maximum Gasteiger partial charge on any atom is 0.251 e. The lowest BCUT2D eigenvalue weighted by atomic mass is 10.0. The molecule has 0 radical (unpaired) electrons. The summed E-state index contributed by atoms with van der Waals surface area (Å²) >= 11 is 5.85. The van der Waals surface area contributed by atoms with E-state index in [4.69, 9.17) is 11.6 Å². The van der Waals surface area contributed by atoms with Crippen molar-refractivity contribution in [1.82, 2.24) is 16.0 Å². The fourth-order valence-corrected chi connectivity index (χ4v) is 3.16. The average Bonchev–Trinajstić information content (AvgIpc) is 3.07. The Labute approximate surface area is 167 Å². The van der Waals surface area contributed by atoms with Crippen LogP contribution in [-0.2, 0) is 4.79 Å². The average molecular weight is 402 g/mol. The molecule has 2 rings (SSSR count). The fourth-order valence-electron chi connectivity index (χ4n) is 3.03. The van der Waals surface area contributed by atoms with Crippen molar-refractivity contribution in [2.24, 2.45) is 11.8 Å². The predicted octanol–water partition coefficient (Wildman–Crippen LogP) is 3.02. The van der Waals surface area contributed by atoms with E-state index in [9.17, 15) is 9.59 Å². The van der Waals surface area contributed by atoms with Crippen LogP contribution in [-0.4, -0.2) is 37.5 Å². The molecule has 0 bridgehead atoms. The Hall–Kier alpha value is -1.30. The van der Waals surface area contributed by atoms with Gasteiger partial charge >= 0.3 is 0 Å². The third-order valence-electron chi connectivity index (χ3n) is 4.45. The van der Waals surface area contributed by atoms with E-state index >= 15 is 0 Å². The molecule has 26 heavy (non-hydrogen) atoms. The molecule has 1 aliphatic rings. The van der Waals surface area contributed by atoms with Gasteiger partial charge in [-0.1, -0.05) is 25.4 Å². The second-order valence-corrected chi connectivity index (χ2v) is 7.54. The molecule has 0 aromatic heterocycles. The Morgan fingerprint density at radius 3 is 2.54 bits per heavy atom. The lowest BCUT2D eigenvalue weighted by molar-refractivity contribution is -0.123. The molecule has 1 heterocycles. The van der Waals surface area contributed by atoms with E-state index in [2.05, 4.69) is 16.0 Å². The molecule has 5 nitrogen and oxygen atoms in total. The summed E-state index contributed by atoms with van der Waals surface area (Å²) in [6, 6.07) is 6.14. The normalized spacial score (nSPS) is 17.5. The van der Waals surface area contributed by atoms with Crippen LogP contribution in [0.15, 0.2) is 24.3 Å². The van der Waals surface area contributed by atoms with E-state index in [1.165, 1.54) is 6.42 Å². The Bertz CT molecular complexity index is 573. The highest BCUT2D eigenvalue weighted by atomic mass is 35.5. The van der Waals surface area contributed by atoms with Gasteiger partial charge in [0.1, 0.15) is 6.04 Å². The smallest absolute Gasteiger partial charge is 0.251 e. The Morgan fingerprint density at radius 2 is 1.96 bits per heavy atom. The molecule has 1 aromatic carbocycles. The lowest BCUT2D eigenvalue weighted by Gasteiger charge is -2.21. The first-order valence-corrected chi connectivity index (χ1v) is 9.38. The number of hydrogen-bond donors (Lipinski definition) is 3. The first-order valence-electron chi connectivity index (χ1n) is 9.00. The number of carbonyl (C=O) groups excluding carboxylic acids is 2. The summed E-state index contributed by atoms with van der Waals surface area (Å²) < 4.78 is 0. The summed E-state index contributed by atoms with van der Waals surface area (Å²) in [6.45, 7) is 6.82. The minimum Gasteiger partial charge on any atom is -0.354 e. The van der Waals surface area contributed by atoms with Crippen molar-refractivity contribution in [3.8, 4) is 0 Å². The molecule has 2 unspecified atom stereocenters. The van der Waals surface area contributed by atoms with Crippen LogP contribution in [0.5, 0.6) is 0 Å². The molecular formula is C19H29Cl2N3O2. The SMILES string of the molecule is CC(C)CC(NC(=O)c1ccc(Cl)cc1)C(=O)NCCC1CCNC1.Cl. The topological polar surface area (TPSA) is 70.2 Å². The monoisotopic (exact) mass is 401 g/mol. The first-order chi connectivity index (χ1) is 12.0. The van der Waals surface area contributed by atoms with Crippen molar-refractivity contribution in [2.45, 2.75) is 39.2 Å². The van der Waals surface area contributed by atoms with E-state index in [0.717, 1.165) is 19.5 Å². The summed E-state index contributed by atoms with van der Waals surface area (Å²) in [7, 11) is 0. The van der Waals surface area contributed by atoms with Gasteiger partial charge in [-0.3, -0.25) is 9.59 Å². The van der Waals surface area contributed by atoms with Crippen LogP contribution >= 0.6 is 24.0 Å². The van der Waals surface area contributed by atoms with Crippen molar-refractivity contribution >= 4 is 35.8 Å². The summed E-state index contributed by atoms with van der Waals surface area (Å²) in [5.41, 5.74) is 0.503. The molecule has 0 spiro atoms. The van der Waals surface area contributed by atoms with E-state index in [-0.39, 0.29) is 24.2 Å². The molecule has 2 atom stereocenters. The number of nitrogens with one attached hydrogen (secondary N) is 3. The summed E-state index contributed by atoms with van der Waals surface area (Å²) in [6.07, 6.45) is 2.74. The van der Waals surface area contributed by atoms with Gasteiger partial charge in [-0.15, -0.1) is 12.4 Å². The standard InChI is InChI=1S/C19H28ClN3O2.ClH/c1-13(2)11-17(19(25)22-10-8-14-7-9-21-12-14)23-18(24)15-3-5-16(20)6-4-15;/h3-6,13-14,17,21H,7-12H2,1-2H3,(H,22,25)(H,23,24);1H. The highest BCUT2D eigenvalue weighted by Gasteiger charge is 2.23. The van der Waals surface area contributed by atoms with Crippen LogP contribution in [0.4, 0.5) is 0 Å². The number of halogens is 2. The molecular weight excluding hydrogens is 373 g/mol. The third-order valence-corrected chi connectivity index (χ3v) is 4.70. The molecule has 1 saturated heterocycles. The molecule has 146 valence electrons. The van der Waals surface area contributed by atoms with Crippen molar-refractivity contribution in [1.29, 1.82) is 0 Å². The van der Waals surface area contributed by atoms with Gasteiger partial charge in [-0.25, -0.2) is 0 Å². The van der Waals surface area contributed by atoms with Crippen LogP contribution in [0.2, 0.25) is 5.02 Å². The van der Waals surface area contributed by atoms with E-state index in [0.29, 0.717) is 35.4 Å². The molecule has 1 fully saturated rings. The maximum atomic E-state index is 12.5. The van der Waals surface area contributed by atoms with Gasteiger partial charge in [0.05, 0.1) is 0 Å². The molecule has 3 N–H and O–H groups in total. The van der Waals surface area contributed by atoms with Crippen LogP contribution in [0.3, 0.4) is 0 Å². The zero-order chi connectivity index (χ0) is 18.2. The zero-order valence-corrected chi connectivity index (χ0v) is 17.0. The largest absolute Gasteiger partial charge is 0.354 e. The predicted molar refractivity (Wildman–Crippen MR) is 108 cm³/mol. The van der Waals surface area contributed by atoms with Crippen molar-refractivity contribution < 1.29 is 9.59 Å². The molecule has 1 aromatic rings. The van der Waals surface area contributed by atoms with Crippen LogP contribution in [0.25, 0.3) is 0 Å². The van der Waals surface area contributed by atoms with Crippen LogP contribution < -0.4 is 16.0 Å². The van der Waals surface area contributed by atoms with Crippen LogP contribution in [0, 0.1) is 11.8 Å². The van der Waals surface area contributed by atoms with E-state index in [1.54, 1.807) is 24.3 Å². The fraction of sp³-hybridized carbons (Fsp3) is 0.579. The second-order valence-electron chi connectivity index (χ2n) is 7.10. The number of benzene rings is 1. The Balaban J connectivity index is 0.00000338. The van der Waals surface area contributed by atoms with Gasteiger partial charge in [0.25, 0.3) is 5.91 Å². The second kappa shape index (κ2) is 11.4. The third kappa shape index (κ3) is 7.52. The quantitative estimate of drug-likeness (QED) is 0.626. The van der Waals surface area contributed by atoms with Gasteiger partial charge < -0.3 is 16.0 Å². The zero-order valence-electron chi connectivity index (χ0n) is 15.4. The number of hydrogen-bond acceptors (Lipinski definition) is 3. The molecule has 7 heteroatoms. The summed E-state index contributed by atoms with van der Waals surface area (Å²) in [5.74, 6) is 0.576. The number of amides is 2. The molecule has 0 aliphatic carbocycles.